The number of hydrogen-bond donors (Lipinski definition) is 0. The number of anilines is 1. The molecule has 0 N–H and O–H groups in total. The second-order valence-electron chi connectivity index (χ2n) is 5.71. The van der Waals surface area contributed by atoms with E-state index in [-0.39, 0.29) is 24.2 Å². The molecule has 0 spiro atoms. The number of nitrogens with zero attached hydrogens (tertiary/aromatic N) is 2. The Labute approximate surface area is 137 Å². The van der Waals surface area contributed by atoms with Gasteiger partial charge in [-0.15, -0.1) is 0 Å². The summed E-state index contributed by atoms with van der Waals surface area (Å²) in [5.41, 5.74) is 0.799. The monoisotopic (exact) mass is 320 g/mol. The maximum Gasteiger partial charge on any atom is 0.227 e. The van der Waals surface area contributed by atoms with Crippen LogP contribution in [0.25, 0.3) is 0 Å². The normalized spacial score (nSPS) is 17.4. The molecule has 2 amide bonds. The van der Waals surface area contributed by atoms with Crippen LogP contribution < -0.4 is 9.64 Å². The SMILES string of the molecule is COCCCN(C)C(=O)C1CC(=O)N(c2ccc(OC)cc2)C1. The lowest BCUT2D eigenvalue weighted by Gasteiger charge is -2.21. The van der Waals surface area contributed by atoms with Crippen molar-refractivity contribution in [3.63, 3.8) is 0 Å². The largest absolute Gasteiger partial charge is 0.497 e. The zero-order chi connectivity index (χ0) is 16.8. The van der Waals surface area contributed by atoms with E-state index in [2.05, 4.69) is 0 Å². The van der Waals surface area contributed by atoms with Gasteiger partial charge in [-0.05, 0) is 30.7 Å². The van der Waals surface area contributed by atoms with E-state index in [9.17, 15) is 9.59 Å². The van der Waals surface area contributed by atoms with Crippen molar-refractivity contribution in [2.45, 2.75) is 12.8 Å². The molecule has 6 nitrogen and oxygen atoms in total. The van der Waals surface area contributed by atoms with Gasteiger partial charge >= 0.3 is 0 Å². The smallest absolute Gasteiger partial charge is 0.227 e. The number of amides is 2. The molecule has 1 heterocycles. The van der Waals surface area contributed by atoms with E-state index in [1.807, 2.05) is 24.3 Å². The number of carbonyl (C=O) groups is 2. The highest BCUT2D eigenvalue weighted by Gasteiger charge is 2.36. The van der Waals surface area contributed by atoms with Gasteiger partial charge in [0.1, 0.15) is 5.75 Å². The maximum absolute atomic E-state index is 12.4. The fourth-order valence-electron chi connectivity index (χ4n) is 2.75. The molecule has 1 aliphatic heterocycles. The van der Waals surface area contributed by atoms with Crippen LogP contribution in [0.1, 0.15) is 12.8 Å². The minimum atomic E-state index is -0.280. The number of methoxy groups -OCH3 is 2. The van der Waals surface area contributed by atoms with Gasteiger partial charge in [-0.2, -0.15) is 0 Å². The van der Waals surface area contributed by atoms with E-state index in [0.29, 0.717) is 19.7 Å². The summed E-state index contributed by atoms with van der Waals surface area (Å²) >= 11 is 0. The van der Waals surface area contributed by atoms with Crippen molar-refractivity contribution in [1.29, 1.82) is 0 Å². The van der Waals surface area contributed by atoms with Crippen LogP contribution in [-0.2, 0) is 14.3 Å². The maximum atomic E-state index is 12.4. The minimum absolute atomic E-state index is 0.0150. The molecule has 0 saturated carbocycles. The molecule has 0 bridgehead atoms. The van der Waals surface area contributed by atoms with Crippen molar-refractivity contribution < 1.29 is 19.1 Å². The summed E-state index contributed by atoms with van der Waals surface area (Å²) in [6.45, 7) is 1.69. The zero-order valence-corrected chi connectivity index (χ0v) is 13.9. The molecule has 126 valence electrons. The van der Waals surface area contributed by atoms with Crippen LogP contribution in [0.4, 0.5) is 5.69 Å². The van der Waals surface area contributed by atoms with Crippen LogP contribution in [-0.4, -0.2) is 57.7 Å². The topological polar surface area (TPSA) is 59.1 Å². The van der Waals surface area contributed by atoms with Crippen molar-refractivity contribution >= 4 is 17.5 Å². The molecule has 1 aliphatic rings. The Balaban J connectivity index is 1.96. The first-order valence-electron chi connectivity index (χ1n) is 7.75. The third-order valence-corrected chi connectivity index (χ3v) is 4.08. The fourth-order valence-corrected chi connectivity index (χ4v) is 2.75. The van der Waals surface area contributed by atoms with Crippen LogP contribution in [0, 0.1) is 5.92 Å². The Bertz CT molecular complexity index is 544. The van der Waals surface area contributed by atoms with E-state index in [1.165, 1.54) is 0 Å². The van der Waals surface area contributed by atoms with Gasteiger partial charge in [-0.1, -0.05) is 0 Å². The van der Waals surface area contributed by atoms with Gasteiger partial charge in [-0.3, -0.25) is 9.59 Å². The van der Waals surface area contributed by atoms with E-state index >= 15 is 0 Å². The van der Waals surface area contributed by atoms with Crippen molar-refractivity contribution in [2.24, 2.45) is 5.92 Å². The number of ether oxygens (including phenoxy) is 2. The van der Waals surface area contributed by atoms with E-state index < -0.39 is 0 Å². The molecule has 1 unspecified atom stereocenters. The molecule has 1 saturated heterocycles. The molecule has 0 radical (unpaired) electrons. The van der Waals surface area contributed by atoms with Crippen molar-refractivity contribution in [3.05, 3.63) is 24.3 Å². The second-order valence-corrected chi connectivity index (χ2v) is 5.71. The minimum Gasteiger partial charge on any atom is -0.497 e. The molecular weight excluding hydrogens is 296 g/mol. The lowest BCUT2D eigenvalue weighted by Crippen LogP contribution is -2.35. The third kappa shape index (κ3) is 4.22. The highest BCUT2D eigenvalue weighted by molar-refractivity contribution is 6.00. The van der Waals surface area contributed by atoms with E-state index in [1.54, 1.807) is 31.1 Å². The van der Waals surface area contributed by atoms with E-state index in [0.717, 1.165) is 17.9 Å². The van der Waals surface area contributed by atoms with Gasteiger partial charge in [0, 0.05) is 46.0 Å². The summed E-state index contributed by atoms with van der Waals surface area (Å²) in [6, 6.07) is 7.31. The quantitative estimate of drug-likeness (QED) is 0.715. The Morgan fingerprint density at radius 1 is 1.30 bits per heavy atom. The molecular formula is C17H24N2O4. The van der Waals surface area contributed by atoms with Crippen molar-refractivity contribution in [3.8, 4) is 5.75 Å². The zero-order valence-electron chi connectivity index (χ0n) is 13.9. The number of carbonyl (C=O) groups excluding carboxylic acids is 2. The van der Waals surface area contributed by atoms with Crippen molar-refractivity contribution in [2.75, 3.05) is 45.9 Å². The molecule has 1 fully saturated rings. The van der Waals surface area contributed by atoms with E-state index in [4.69, 9.17) is 9.47 Å². The van der Waals surface area contributed by atoms with Crippen LogP contribution in [0.3, 0.4) is 0 Å². The Morgan fingerprint density at radius 2 is 2.00 bits per heavy atom. The van der Waals surface area contributed by atoms with Crippen LogP contribution >= 0.6 is 0 Å². The first-order chi connectivity index (χ1) is 11.1. The van der Waals surface area contributed by atoms with Gasteiger partial charge in [0.25, 0.3) is 0 Å². The molecule has 1 aromatic carbocycles. The first-order valence-corrected chi connectivity index (χ1v) is 7.75. The molecule has 1 atom stereocenters. The van der Waals surface area contributed by atoms with Gasteiger partial charge in [0.2, 0.25) is 11.8 Å². The molecule has 2 rings (SSSR count). The Kier molecular flexibility index (Phi) is 5.98. The lowest BCUT2D eigenvalue weighted by molar-refractivity contribution is -0.134. The molecule has 23 heavy (non-hydrogen) atoms. The molecule has 0 aromatic heterocycles. The van der Waals surface area contributed by atoms with Crippen LogP contribution in [0.2, 0.25) is 0 Å². The average Bonchev–Trinajstić information content (AvgIpc) is 2.96. The van der Waals surface area contributed by atoms with Crippen LogP contribution in [0.5, 0.6) is 5.75 Å². The molecule has 0 aliphatic carbocycles. The standard InChI is InChI=1S/C17H24N2O4/c1-18(9-4-10-22-2)17(21)13-11-16(20)19(12-13)14-5-7-15(23-3)8-6-14/h5-8,13H,4,9-12H2,1-3H3. The second kappa shape index (κ2) is 7.97. The highest BCUT2D eigenvalue weighted by atomic mass is 16.5. The summed E-state index contributed by atoms with van der Waals surface area (Å²) in [7, 11) is 5.02. The highest BCUT2D eigenvalue weighted by Crippen LogP contribution is 2.27. The molecule has 1 aromatic rings. The van der Waals surface area contributed by atoms with Gasteiger partial charge in [0.05, 0.1) is 13.0 Å². The van der Waals surface area contributed by atoms with Gasteiger partial charge < -0.3 is 19.3 Å². The third-order valence-electron chi connectivity index (χ3n) is 4.08. The molecule has 6 heteroatoms. The fraction of sp³-hybridized carbons (Fsp3) is 0.529. The Morgan fingerprint density at radius 3 is 2.61 bits per heavy atom. The average molecular weight is 320 g/mol. The summed E-state index contributed by atoms with van der Waals surface area (Å²) in [6.07, 6.45) is 1.06. The predicted octanol–water partition coefficient (Wildman–Crippen LogP) is 1.54. The number of hydrogen-bond acceptors (Lipinski definition) is 4. The van der Waals surface area contributed by atoms with Gasteiger partial charge in [0.15, 0.2) is 0 Å². The lowest BCUT2D eigenvalue weighted by atomic mass is 10.1. The van der Waals surface area contributed by atoms with Gasteiger partial charge in [-0.25, -0.2) is 0 Å². The van der Waals surface area contributed by atoms with Crippen LogP contribution in [0.15, 0.2) is 24.3 Å². The summed E-state index contributed by atoms with van der Waals surface area (Å²) in [5, 5.41) is 0. The summed E-state index contributed by atoms with van der Waals surface area (Å²) < 4.78 is 10.1. The summed E-state index contributed by atoms with van der Waals surface area (Å²) in [5.74, 6) is 0.465. The first kappa shape index (κ1) is 17.3. The predicted molar refractivity (Wildman–Crippen MR) is 87.6 cm³/mol. The number of rotatable bonds is 7. The van der Waals surface area contributed by atoms with Crippen molar-refractivity contribution in [1.82, 2.24) is 4.90 Å². The Hall–Kier alpha value is -2.08. The number of benzene rings is 1. The summed E-state index contributed by atoms with van der Waals surface area (Å²) in [4.78, 5) is 28.0.